The van der Waals surface area contributed by atoms with Gasteiger partial charge in [-0.3, -0.25) is 4.79 Å². The van der Waals surface area contributed by atoms with E-state index < -0.39 is 28.1 Å². The third-order valence-corrected chi connectivity index (χ3v) is 9.15. The number of carboxylic acid groups (broad SMARTS) is 1. The summed E-state index contributed by atoms with van der Waals surface area (Å²) in [6.45, 7) is 4.81. The highest BCUT2D eigenvalue weighted by Crippen LogP contribution is 2.34. The number of benzene rings is 2. The van der Waals surface area contributed by atoms with Crippen LogP contribution >= 0.6 is 0 Å². The third-order valence-electron chi connectivity index (χ3n) is 7.35. The molecular weight excluding hydrogens is 579 g/mol. The highest BCUT2D eigenvalue weighted by atomic mass is 32.2. The summed E-state index contributed by atoms with van der Waals surface area (Å²) in [6.07, 6.45) is -2.60. The monoisotopic (exact) mass is 609 g/mol. The molecule has 1 saturated heterocycles. The number of amides is 1. The Labute approximate surface area is 240 Å². The smallest absolute Gasteiger partial charge is 0.475 e. The number of esters is 1. The fourth-order valence-electron chi connectivity index (χ4n) is 5.12. The lowest BCUT2D eigenvalue weighted by atomic mass is 9.98. The molecule has 0 unspecified atom stereocenters. The Morgan fingerprint density at radius 2 is 1.71 bits per heavy atom. The number of aliphatic carboxylic acids is 1. The van der Waals surface area contributed by atoms with Crippen LogP contribution in [0.25, 0.3) is 10.9 Å². The molecule has 1 aromatic heterocycles. The second kappa shape index (κ2) is 12.1. The van der Waals surface area contributed by atoms with Crippen LogP contribution in [0.3, 0.4) is 0 Å². The maximum absolute atomic E-state index is 14.0. The quantitative estimate of drug-likeness (QED) is 0.427. The number of nitrogens with one attached hydrogen (secondary N) is 1. The number of halogens is 3. The van der Waals surface area contributed by atoms with E-state index in [-0.39, 0.29) is 16.4 Å². The van der Waals surface area contributed by atoms with E-state index in [1.807, 2.05) is 11.0 Å². The number of hydrogen-bond donors (Lipinski definition) is 2. The number of carboxylic acids is 1. The van der Waals surface area contributed by atoms with Gasteiger partial charge in [0, 0.05) is 49.2 Å². The standard InChI is InChI=1S/C26H29N3O5S.C2HF3O2/c1-17-10-13-28(14-11-17)25(30)18-7-8-22-20(15-18)21-16-27-12-9-23(21)29(22)35(32,33)24-6-4-3-5-19(24)26(31)34-2;3-2(4,5)1(6)7/h3-8,15,17,27H,9-14,16H2,1-2H3;(H,6,7). The van der Waals surface area contributed by atoms with Gasteiger partial charge in [0.2, 0.25) is 0 Å². The van der Waals surface area contributed by atoms with Crippen molar-refractivity contribution in [3.8, 4) is 0 Å². The Morgan fingerprint density at radius 1 is 1.07 bits per heavy atom. The molecule has 0 atom stereocenters. The maximum Gasteiger partial charge on any atom is 0.490 e. The minimum Gasteiger partial charge on any atom is -0.475 e. The van der Waals surface area contributed by atoms with E-state index in [0.717, 1.165) is 36.9 Å². The van der Waals surface area contributed by atoms with Crippen molar-refractivity contribution in [3.63, 3.8) is 0 Å². The molecule has 0 aliphatic carbocycles. The average molecular weight is 610 g/mol. The molecule has 0 spiro atoms. The summed E-state index contributed by atoms with van der Waals surface area (Å²) in [5.41, 5.74) is 2.60. The molecule has 3 heterocycles. The fourth-order valence-corrected chi connectivity index (χ4v) is 6.90. The minimum absolute atomic E-state index is 0.00865. The van der Waals surface area contributed by atoms with Crippen LogP contribution in [0.1, 0.15) is 51.7 Å². The van der Waals surface area contributed by atoms with E-state index in [0.29, 0.717) is 42.2 Å². The van der Waals surface area contributed by atoms with Crippen molar-refractivity contribution in [2.45, 2.75) is 43.8 Å². The van der Waals surface area contributed by atoms with Gasteiger partial charge in [0.1, 0.15) is 4.90 Å². The maximum atomic E-state index is 14.0. The second-order valence-electron chi connectivity index (χ2n) is 10.1. The summed E-state index contributed by atoms with van der Waals surface area (Å²) < 4.78 is 65.9. The van der Waals surface area contributed by atoms with Crippen molar-refractivity contribution in [3.05, 3.63) is 64.8 Å². The van der Waals surface area contributed by atoms with E-state index in [2.05, 4.69) is 12.2 Å². The molecule has 2 aliphatic heterocycles. The van der Waals surface area contributed by atoms with Crippen LogP contribution in [-0.4, -0.2) is 73.2 Å². The van der Waals surface area contributed by atoms with Gasteiger partial charge in [0.25, 0.3) is 15.9 Å². The first-order valence-electron chi connectivity index (χ1n) is 13.2. The number of carbonyl (C=O) groups is 3. The van der Waals surface area contributed by atoms with Crippen molar-refractivity contribution in [1.82, 2.24) is 14.2 Å². The number of hydrogen-bond acceptors (Lipinski definition) is 7. The Balaban J connectivity index is 0.000000517. The zero-order chi connectivity index (χ0) is 30.8. The highest BCUT2D eigenvalue weighted by Gasteiger charge is 2.38. The zero-order valence-electron chi connectivity index (χ0n) is 22.9. The van der Waals surface area contributed by atoms with Crippen molar-refractivity contribution >= 4 is 38.8 Å². The number of piperidine rings is 1. The Bertz CT molecular complexity index is 1630. The van der Waals surface area contributed by atoms with Crippen molar-refractivity contribution < 1.29 is 45.8 Å². The molecule has 10 nitrogen and oxygen atoms in total. The van der Waals surface area contributed by atoms with Gasteiger partial charge in [-0.2, -0.15) is 13.2 Å². The van der Waals surface area contributed by atoms with E-state index in [1.165, 1.54) is 23.2 Å². The van der Waals surface area contributed by atoms with Crippen LogP contribution in [0.15, 0.2) is 47.4 Å². The summed E-state index contributed by atoms with van der Waals surface area (Å²) in [6, 6.07) is 11.3. The molecular formula is C28H30F3N3O7S. The zero-order valence-corrected chi connectivity index (χ0v) is 23.7. The van der Waals surface area contributed by atoms with Crippen LogP contribution in [-0.2, 0) is 32.5 Å². The second-order valence-corrected chi connectivity index (χ2v) is 11.9. The van der Waals surface area contributed by atoms with Gasteiger partial charge in [-0.25, -0.2) is 22.0 Å². The van der Waals surface area contributed by atoms with Crippen LogP contribution in [0, 0.1) is 5.92 Å². The minimum atomic E-state index is -5.08. The van der Waals surface area contributed by atoms with Gasteiger partial charge in [0.15, 0.2) is 0 Å². The highest BCUT2D eigenvalue weighted by molar-refractivity contribution is 7.90. The van der Waals surface area contributed by atoms with Crippen LogP contribution < -0.4 is 5.32 Å². The largest absolute Gasteiger partial charge is 0.490 e. The van der Waals surface area contributed by atoms with E-state index in [9.17, 15) is 31.2 Å². The summed E-state index contributed by atoms with van der Waals surface area (Å²) >= 11 is 0. The first-order valence-corrected chi connectivity index (χ1v) is 14.6. The molecule has 226 valence electrons. The predicted molar refractivity (Wildman–Crippen MR) is 146 cm³/mol. The molecule has 1 amide bonds. The molecule has 0 saturated carbocycles. The SMILES string of the molecule is COC(=O)c1ccccc1S(=O)(=O)n1c2c(c3cc(C(=O)N4CCC(C)CC4)ccc31)CNCC2.O=C(O)C(F)(F)F. The van der Waals surface area contributed by atoms with Gasteiger partial charge in [-0.1, -0.05) is 19.1 Å². The number of fused-ring (bicyclic) bond motifs is 3. The predicted octanol–water partition coefficient (Wildman–Crippen LogP) is 3.82. The fraction of sp³-hybridized carbons (Fsp3) is 0.393. The lowest BCUT2D eigenvalue weighted by Gasteiger charge is -2.30. The number of rotatable bonds is 4. The van der Waals surface area contributed by atoms with E-state index in [1.54, 1.807) is 24.3 Å². The summed E-state index contributed by atoms with van der Waals surface area (Å²) in [4.78, 5) is 36.2. The van der Waals surface area contributed by atoms with Gasteiger partial charge in [-0.05, 0) is 54.7 Å². The number of likely N-dealkylation sites (tertiary alicyclic amines) is 1. The van der Waals surface area contributed by atoms with E-state index >= 15 is 0 Å². The Morgan fingerprint density at radius 3 is 2.33 bits per heavy atom. The molecule has 14 heteroatoms. The van der Waals surface area contributed by atoms with Gasteiger partial charge >= 0.3 is 18.1 Å². The molecule has 2 aliphatic rings. The Kier molecular flexibility index (Phi) is 8.97. The van der Waals surface area contributed by atoms with Crippen LogP contribution in [0.2, 0.25) is 0 Å². The number of alkyl halides is 3. The van der Waals surface area contributed by atoms with Gasteiger partial charge < -0.3 is 20.1 Å². The average Bonchev–Trinajstić information content (AvgIpc) is 3.31. The summed E-state index contributed by atoms with van der Waals surface area (Å²) in [7, 11) is -2.89. The van der Waals surface area contributed by atoms with Gasteiger partial charge in [0.05, 0.1) is 18.2 Å². The van der Waals surface area contributed by atoms with Crippen molar-refractivity contribution in [1.29, 1.82) is 0 Å². The Hall–Kier alpha value is -3.91. The number of methoxy groups -OCH3 is 1. The normalized spacial score (nSPS) is 15.9. The van der Waals surface area contributed by atoms with Crippen LogP contribution in [0.5, 0.6) is 0 Å². The molecule has 2 aromatic carbocycles. The van der Waals surface area contributed by atoms with E-state index in [4.69, 9.17) is 14.6 Å². The lowest BCUT2D eigenvalue weighted by Crippen LogP contribution is -2.37. The molecule has 2 N–H and O–H groups in total. The van der Waals surface area contributed by atoms with Gasteiger partial charge in [-0.15, -0.1) is 0 Å². The summed E-state index contributed by atoms with van der Waals surface area (Å²) in [5.74, 6) is -2.87. The number of aromatic nitrogens is 1. The third kappa shape index (κ3) is 6.14. The molecule has 0 radical (unpaired) electrons. The molecule has 5 rings (SSSR count). The van der Waals surface area contributed by atoms with Crippen molar-refractivity contribution in [2.75, 3.05) is 26.7 Å². The van der Waals surface area contributed by atoms with Crippen molar-refractivity contribution in [2.24, 2.45) is 5.92 Å². The number of ether oxygens (including phenoxy) is 1. The molecule has 3 aromatic rings. The first-order chi connectivity index (χ1) is 19.8. The lowest BCUT2D eigenvalue weighted by molar-refractivity contribution is -0.192. The molecule has 1 fully saturated rings. The number of carbonyl (C=O) groups excluding carboxylic acids is 2. The first kappa shape index (κ1) is 31.0. The molecule has 42 heavy (non-hydrogen) atoms. The summed E-state index contributed by atoms with van der Waals surface area (Å²) in [5, 5.41) is 11.2. The van der Waals surface area contributed by atoms with Crippen LogP contribution in [0.4, 0.5) is 13.2 Å². The topological polar surface area (TPSA) is 135 Å². The molecule has 0 bridgehead atoms. The number of nitrogens with zero attached hydrogens (tertiary/aromatic N) is 2.